The number of halogens is 1. The van der Waals surface area contributed by atoms with Gasteiger partial charge in [0, 0.05) is 5.33 Å². The molecule has 1 atom stereocenters. The Labute approximate surface area is 92.4 Å². The van der Waals surface area contributed by atoms with Crippen LogP contribution >= 0.6 is 15.9 Å². The Morgan fingerprint density at radius 1 is 1.43 bits per heavy atom. The van der Waals surface area contributed by atoms with Crippen LogP contribution in [0.25, 0.3) is 0 Å². The highest BCUT2D eigenvalue weighted by molar-refractivity contribution is 9.09. The maximum absolute atomic E-state index is 11.5. The van der Waals surface area contributed by atoms with E-state index in [1.54, 1.807) is 0 Å². The van der Waals surface area contributed by atoms with E-state index in [0.29, 0.717) is 0 Å². The monoisotopic (exact) mass is 256 g/mol. The van der Waals surface area contributed by atoms with Gasteiger partial charge in [-0.25, -0.2) is 0 Å². The van der Waals surface area contributed by atoms with Crippen molar-refractivity contribution < 1.29 is 9.53 Å². The lowest BCUT2D eigenvalue weighted by Crippen LogP contribution is -2.14. The van der Waals surface area contributed by atoms with Crippen LogP contribution in [0, 0.1) is 0 Å². The van der Waals surface area contributed by atoms with Gasteiger partial charge in [-0.1, -0.05) is 46.3 Å². The van der Waals surface area contributed by atoms with Gasteiger partial charge in [-0.15, -0.1) is 0 Å². The standard InChI is InChI=1S/C11H13BrO2/c1-14-11(13)10(7-8-12)9-5-3-2-4-6-9/h2-6,10H,7-8H2,1H3/t10-/m1/s1. The van der Waals surface area contributed by atoms with Crippen LogP contribution in [0.3, 0.4) is 0 Å². The Hall–Kier alpha value is -0.830. The van der Waals surface area contributed by atoms with Crippen molar-refractivity contribution in [2.75, 3.05) is 12.4 Å². The zero-order valence-corrected chi connectivity index (χ0v) is 9.66. The van der Waals surface area contributed by atoms with Crippen LogP contribution in [0.1, 0.15) is 17.9 Å². The van der Waals surface area contributed by atoms with Crippen molar-refractivity contribution in [1.29, 1.82) is 0 Å². The third-order valence-electron chi connectivity index (χ3n) is 2.09. The topological polar surface area (TPSA) is 26.3 Å². The quantitative estimate of drug-likeness (QED) is 0.612. The molecule has 76 valence electrons. The Balaban J connectivity index is 2.83. The SMILES string of the molecule is COC(=O)[C@H](CCBr)c1ccccc1. The van der Waals surface area contributed by atoms with Gasteiger partial charge in [0.1, 0.15) is 0 Å². The van der Waals surface area contributed by atoms with Crippen molar-refractivity contribution in [2.24, 2.45) is 0 Å². The van der Waals surface area contributed by atoms with E-state index in [-0.39, 0.29) is 11.9 Å². The summed E-state index contributed by atoms with van der Waals surface area (Å²) in [5, 5.41) is 0.793. The molecule has 3 heteroatoms. The summed E-state index contributed by atoms with van der Waals surface area (Å²) in [6.45, 7) is 0. The zero-order chi connectivity index (χ0) is 10.4. The minimum Gasteiger partial charge on any atom is -0.469 e. The summed E-state index contributed by atoms with van der Waals surface area (Å²) in [6.07, 6.45) is 0.761. The highest BCUT2D eigenvalue weighted by atomic mass is 79.9. The first-order valence-electron chi connectivity index (χ1n) is 4.48. The molecule has 1 rings (SSSR count). The molecule has 2 nitrogen and oxygen atoms in total. The summed E-state index contributed by atoms with van der Waals surface area (Å²) >= 11 is 3.34. The molecule has 0 fully saturated rings. The van der Waals surface area contributed by atoms with E-state index in [4.69, 9.17) is 4.74 Å². The fraction of sp³-hybridized carbons (Fsp3) is 0.364. The second-order valence-corrected chi connectivity index (χ2v) is 3.76. The summed E-state index contributed by atoms with van der Waals surface area (Å²) in [7, 11) is 1.42. The molecule has 0 unspecified atom stereocenters. The highest BCUT2D eigenvalue weighted by Crippen LogP contribution is 2.21. The number of esters is 1. The highest BCUT2D eigenvalue weighted by Gasteiger charge is 2.19. The van der Waals surface area contributed by atoms with Crippen molar-refractivity contribution in [1.82, 2.24) is 0 Å². The summed E-state index contributed by atoms with van der Waals surface area (Å²) in [5.74, 6) is -0.323. The van der Waals surface area contributed by atoms with Crippen molar-refractivity contribution in [2.45, 2.75) is 12.3 Å². The lowest BCUT2D eigenvalue weighted by molar-refractivity contribution is -0.142. The van der Waals surface area contributed by atoms with E-state index in [1.165, 1.54) is 7.11 Å². The molecule has 0 aliphatic heterocycles. The first-order valence-corrected chi connectivity index (χ1v) is 5.60. The van der Waals surface area contributed by atoms with Gasteiger partial charge in [0.25, 0.3) is 0 Å². The first-order chi connectivity index (χ1) is 6.79. The molecular formula is C11H13BrO2. The molecule has 0 aromatic heterocycles. The molecule has 1 aromatic rings. The molecule has 0 N–H and O–H groups in total. The van der Waals surface area contributed by atoms with Gasteiger partial charge in [-0.05, 0) is 12.0 Å². The minimum absolute atomic E-state index is 0.152. The third kappa shape index (κ3) is 2.84. The van der Waals surface area contributed by atoms with Gasteiger partial charge < -0.3 is 4.74 Å². The largest absolute Gasteiger partial charge is 0.469 e. The van der Waals surface area contributed by atoms with Crippen LogP contribution in [0.5, 0.6) is 0 Å². The Morgan fingerprint density at radius 2 is 2.07 bits per heavy atom. The number of carbonyl (C=O) groups excluding carboxylic acids is 1. The van der Waals surface area contributed by atoms with Gasteiger partial charge >= 0.3 is 5.97 Å². The molecule has 0 aliphatic carbocycles. The molecule has 0 amide bonds. The second-order valence-electron chi connectivity index (χ2n) is 2.96. The van der Waals surface area contributed by atoms with Crippen LogP contribution in [0.2, 0.25) is 0 Å². The number of alkyl halides is 1. The minimum atomic E-state index is -0.171. The number of ether oxygens (including phenoxy) is 1. The summed E-state index contributed by atoms with van der Waals surface area (Å²) in [5.41, 5.74) is 1.01. The van der Waals surface area contributed by atoms with Crippen LogP contribution in [-0.2, 0) is 9.53 Å². The number of carbonyl (C=O) groups is 1. The third-order valence-corrected chi connectivity index (χ3v) is 2.54. The molecule has 0 aliphatic rings. The maximum Gasteiger partial charge on any atom is 0.313 e. The Kier molecular flexibility index (Phi) is 4.66. The molecule has 0 bridgehead atoms. The van der Waals surface area contributed by atoms with Crippen LogP contribution in [-0.4, -0.2) is 18.4 Å². The molecule has 1 aromatic carbocycles. The smallest absolute Gasteiger partial charge is 0.313 e. The van der Waals surface area contributed by atoms with Crippen molar-refractivity contribution in [3.8, 4) is 0 Å². The van der Waals surface area contributed by atoms with Crippen LogP contribution < -0.4 is 0 Å². The predicted octanol–water partition coefficient (Wildman–Crippen LogP) is 2.73. The van der Waals surface area contributed by atoms with Crippen molar-refractivity contribution >= 4 is 21.9 Å². The number of rotatable bonds is 4. The molecule has 0 radical (unpaired) electrons. The van der Waals surface area contributed by atoms with E-state index in [1.807, 2.05) is 30.3 Å². The maximum atomic E-state index is 11.5. The van der Waals surface area contributed by atoms with E-state index in [0.717, 1.165) is 17.3 Å². The van der Waals surface area contributed by atoms with E-state index in [2.05, 4.69) is 15.9 Å². The average Bonchev–Trinajstić information content (AvgIpc) is 2.26. The Bertz CT molecular complexity index is 285. The van der Waals surface area contributed by atoms with Gasteiger partial charge in [0.15, 0.2) is 0 Å². The summed E-state index contributed by atoms with van der Waals surface area (Å²) in [6, 6.07) is 9.69. The fourth-order valence-electron chi connectivity index (χ4n) is 1.36. The first kappa shape index (κ1) is 11.2. The average molecular weight is 257 g/mol. The van der Waals surface area contributed by atoms with E-state index < -0.39 is 0 Å². The van der Waals surface area contributed by atoms with Crippen LogP contribution in [0.4, 0.5) is 0 Å². The van der Waals surface area contributed by atoms with Crippen LogP contribution in [0.15, 0.2) is 30.3 Å². The Morgan fingerprint density at radius 3 is 2.57 bits per heavy atom. The summed E-state index contributed by atoms with van der Waals surface area (Å²) in [4.78, 5) is 11.5. The molecule has 14 heavy (non-hydrogen) atoms. The van der Waals surface area contributed by atoms with Crippen molar-refractivity contribution in [3.05, 3.63) is 35.9 Å². The molecule has 0 spiro atoms. The van der Waals surface area contributed by atoms with E-state index >= 15 is 0 Å². The molecular weight excluding hydrogens is 244 g/mol. The number of hydrogen-bond donors (Lipinski definition) is 0. The zero-order valence-electron chi connectivity index (χ0n) is 8.07. The lowest BCUT2D eigenvalue weighted by atomic mass is 9.97. The van der Waals surface area contributed by atoms with Gasteiger partial charge in [-0.2, -0.15) is 0 Å². The normalized spacial score (nSPS) is 12.1. The van der Waals surface area contributed by atoms with Gasteiger partial charge in [-0.3, -0.25) is 4.79 Å². The van der Waals surface area contributed by atoms with E-state index in [9.17, 15) is 4.79 Å². The van der Waals surface area contributed by atoms with Gasteiger partial charge in [0.05, 0.1) is 13.0 Å². The molecule has 0 saturated heterocycles. The second kappa shape index (κ2) is 5.81. The van der Waals surface area contributed by atoms with Gasteiger partial charge in [0.2, 0.25) is 0 Å². The fourth-order valence-corrected chi connectivity index (χ4v) is 1.82. The molecule has 0 saturated carbocycles. The van der Waals surface area contributed by atoms with Crippen molar-refractivity contribution in [3.63, 3.8) is 0 Å². The molecule has 0 heterocycles. The number of methoxy groups -OCH3 is 1. The number of benzene rings is 1. The lowest BCUT2D eigenvalue weighted by Gasteiger charge is -2.13. The predicted molar refractivity (Wildman–Crippen MR) is 59.6 cm³/mol. The number of hydrogen-bond acceptors (Lipinski definition) is 2. The summed E-state index contributed by atoms with van der Waals surface area (Å²) < 4.78 is 4.76.